The molecule has 34 heavy (non-hydrogen) atoms. The van der Waals surface area contributed by atoms with Gasteiger partial charge in [-0.3, -0.25) is 4.79 Å². The molecule has 172 valence electrons. The van der Waals surface area contributed by atoms with Crippen molar-refractivity contribution in [2.24, 2.45) is 5.92 Å². The van der Waals surface area contributed by atoms with Crippen molar-refractivity contribution in [1.29, 1.82) is 0 Å². The van der Waals surface area contributed by atoms with Crippen molar-refractivity contribution in [3.8, 4) is 28.4 Å². The minimum atomic E-state index is -0.837. The molecule has 0 spiro atoms. The molecule has 8 nitrogen and oxygen atoms in total. The van der Waals surface area contributed by atoms with Crippen LogP contribution in [0.1, 0.15) is 23.7 Å². The first-order valence-corrected chi connectivity index (χ1v) is 10.7. The molecular weight excluding hydrogens is 442 g/mol. The summed E-state index contributed by atoms with van der Waals surface area (Å²) in [6, 6.07) is 10.4. The van der Waals surface area contributed by atoms with Crippen LogP contribution >= 0.6 is 0 Å². The van der Waals surface area contributed by atoms with E-state index in [0.29, 0.717) is 24.5 Å². The topological polar surface area (TPSA) is 94.8 Å². The first-order valence-electron chi connectivity index (χ1n) is 10.7. The van der Waals surface area contributed by atoms with Gasteiger partial charge < -0.3 is 14.6 Å². The standard InChI is InChI=1S/C24H20F2N6O2/c1-14-7-9-34-20-11-18(25)16(15-4-3-8-27-22(15)26)10-17(20)24(33)30-21-6-2-5-19(29-21)23-31-28-13-32(23)12-14/h2-6,8,10-11,13-14H,7,9,12H2,1H3,(H,29,30,33)/t14-/m0/s1. The third-order valence-electron chi connectivity index (χ3n) is 5.58. The molecule has 0 fully saturated rings. The van der Waals surface area contributed by atoms with Crippen LogP contribution in [0.4, 0.5) is 14.6 Å². The predicted octanol–water partition coefficient (Wildman–Crippen LogP) is 4.35. The number of halogens is 2. The molecule has 2 bridgehead atoms. The zero-order valence-corrected chi connectivity index (χ0v) is 18.2. The lowest BCUT2D eigenvalue weighted by molar-refractivity contribution is 0.102. The Bertz CT molecular complexity index is 1370. The number of pyridine rings is 2. The van der Waals surface area contributed by atoms with Crippen molar-refractivity contribution >= 4 is 11.7 Å². The number of nitrogens with one attached hydrogen (secondary N) is 1. The summed E-state index contributed by atoms with van der Waals surface area (Å²) in [5, 5.41) is 10.9. The summed E-state index contributed by atoms with van der Waals surface area (Å²) < 4.78 is 37.0. The molecule has 0 saturated heterocycles. The van der Waals surface area contributed by atoms with Crippen molar-refractivity contribution < 1.29 is 18.3 Å². The number of carbonyl (C=O) groups excluding carboxylic acids is 1. The van der Waals surface area contributed by atoms with E-state index in [0.717, 1.165) is 6.07 Å². The fourth-order valence-electron chi connectivity index (χ4n) is 3.84. The third kappa shape index (κ3) is 4.21. The Balaban J connectivity index is 1.60. The Labute approximate surface area is 193 Å². The van der Waals surface area contributed by atoms with Crippen LogP contribution in [0.3, 0.4) is 0 Å². The van der Waals surface area contributed by atoms with Gasteiger partial charge in [0.15, 0.2) is 5.82 Å². The van der Waals surface area contributed by atoms with E-state index < -0.39 is 17.7 Å². The maximum absolute atomic E-state index is 15.0. The van der Waals surface area contributed by atoms with Crippen molar-refractivity contribution in [1.82, 2.24) is 24.7 Å². The lowest BCUT2D eigenvalue weighted by atomic mass is 10.0. The van der Waals surface area contributed by atoms with Crippen LogP contribution in [-0.2, 0) is 6.54 Å². The van der Waals surface area contributed by atoms with Crippen molar-refractivity contribution in [3.63, 3.8) is 0 Å². The molecular formula is C24H20F2N6O2. The molecule has 0 radical (unpaired) electrons. The molecule has 4 aromatic rings. The third-order valence-corrected chi connectivity index (χ3v) is 5.58. The highest BCUT2D eigenvalue weighted by Gasteiger charge is 2.22. The smallest absolute Gasteiger partial charge is 0.260 e. The number of nitrogens with zero attached hydrogens (tertiary/aromatic N) is 5. The molecule has 0 unspecified atom stereocenters. The highest BCUT2D eigenvalue weighted by molar-refractivity contribution is 6.06. The molecule has 0 saturated carbocycles. The van der Waals surface area contributed by atoms with E-state index >= 15 is 0 Å². The molecule has 1 amide bonds. The van der Waals surface area contributed by atoms with Crippen molar-refractivity contribution in [3.05, 3.63) is 72.3 Å². The molecule has 1 aromatic carbocycles. The maximum atomic E-state index is 15.0. The first kappa shape index (κ1) is 21.6. The molecule has 1 N–H and O–H groups in total. The molecule has 4 heterocycles. The van der Waals surface area contributed by atoms with Gasteiger partial charge in [0, 0.05) is 29.9 Å². The van der Waals surface area contributed by atoms with Gasteiger partial charge in [0.1, 0.15) is 29.4 Å². The van der Waals surface area contributed by atoms with E-state index in [2.05, 4.69) is 25.5 Å². The summed E-state index contributed by atoms with van der Waals surface area (Å²) in [7, 11) is 0. The quantitative estimate of drug-likeness (QED) is 0.423. The van der Waals surface area contributed by atoms with Gasteiger partial charge in [0.05, 0.1) is 12.2 Å². The van der Waals surface area contributed by atoms with Gasteiger partial charge in [0.25, 0.3) is 5.91 Å². The Hall–Kier alpha value is -4.21. The average Bonchev–Trinajstić information content (AvgIpc) is 3.27. The number of aromatic nitrogens is 5. The second-order valence-electron chi connectivity index (χ2n) is 8.08. The van der Waals surface area contributed by atoms with Gasteiger partial charge in [-0.25, -0.2) is 14.4 Å². The number of ether oxygens (including phenoxy) is 1. The zero-order valence-electron chi connectivity index (χ0n) is 18.2. The zero-order chi connectivity index (χ0) is 23.7. The Morgan fingerprint density at radius 2 is 2.00 bits per heavy atom. The molecule has 1 aliphatic rings. The van der Waals surface area contributed by atoms with E-state index in [9.17, 15) is 13.6 Å². The van der Waals surface area contributed by atoms with Gasteiger partial charge in [-0.2, -0.15) is 4.39 Å². The number of amides is 1. The minimum Gasteiger partial charge on any atom is -0.493 e. The number of hydrogen-bond donors (Lipinski definition) is 1. The number of rotatable bonds is 1. The van der Waals surface area contributed by atoms with Gasteiger partial charge in [-0.15, -0.1) is 10.2 Å². The van der Waals surface area contributed by atoms with E-state index in [4.69, 9.17) is 4.74 Å². The molecule has 1 atom stereocenters. The summed E-state index contributed by atoms with van der Waals surface area (Å²) in [6.45, 7) is 2.93. The van der Waals surface area contributed by atoms with E-state index in [1.165, 1.54) is 24.4 Å². The van der Waals surface area contributed by atoms with E-state index in [1.807, 2.05) is 11.5 Å². The highest BCUT2D eigenvalue weighted by atomic mass is 19.1. The lowest BCUT2D eigenvalue weighted by Gasteiger charge is -2.18. The molecule has 10 heteroatoms. The van der Waals surface area contributed by atoms with Crippen LogP contribution in [0.15, 0.2) is 55.0 Å². The normalized spacial score (nSPS) is 16.0. The second kappa shape index (κ2) is 8.97. The summed E-state index contributed by atoms with van der Waals surface area (Å²) >= 11 is 0. The fraction of sp³-hybridized carbons (Fsp3) is 0.208. The minimum absolute atomic E-state index is 0.0527. The van der Waals surface area contributed by atoms with Crippen LogP contribution in [-0.4, -0.2) is 37.2 Å². The van der Waals surface area contributed by atoms with Crippen LogP contribution in [0, 0.1) is 17.7 Å². The summed E-state index contributed by atoms with van der Waals surface area (Å²) in [5.74, 6) is -1.04. The van der Waals surface area contributed by atoms with Crippen LogP contribution in [0.5, 0.6) is 5.75 Å². The van der Waals surface area contributed by atoms with Gasteiger partial charge in [-0.1, -0.05) is 13.0 Å². The van der Waals surface area contributed by atoms with Gasteiger partial charge in [0.2, 0.25) is 5.95 Å². The number of benzene rings is 1. The van der Waals surface area contributed by atoms with Crippen LogP contribution in [0.25, 0.3) is 22.6 Å². The van der Waals surface area contributed by atoms with E-state index in [1.54, 1.807) is 24.5 Å². The number of anilines is 1. The fourth-order valence-corrected chi connectivity index (χ4v) is 3.84. The summed E-state index contributed by atoms with van der Waals surface area (Å²) in [4.78, 5) is 21.3. The second-order valence-corrected chi connectivity index (χ2v) is 8.08. The van der Waals surface area contributed by atoms with Crippen LogP contribution in [0.2, 0.25) is 0 Å². The Morgan fingerprint density at radius 3 is 2.85 bits per heavy atom. The Kier molecular flexibility index (Phi) is 5.70. The largest absolute Gasteiger partial charge is 0.493 e. The SMILES string of the molecule is C[C@H]1CCOc2cc(F)c(-c3cccnc3F)cc2C(=O)Nc2cccc(n2)-c2nncn2C1. The molecule has 1 aliphatic heterocycles. The van der Waals surface area contributed by atoms with Gasteiger partial charge >= 0.3 is 0 Å². The predicted molar refractivity (Wildman–Crippen MR) is 120 cm³/mol. The molecule has 0 aliphatic carbocycles. The van der Waals surface area contributed by atoms with Crippen molar-refractivity contribution in [2.45, 2.75) is 19.9 Å². The van der Waals surface area contributed by atoms with Crippen molar-refractivity contribution in [2.75, 3.05) is 11.9 Å². The lowest BCUT2D eigenvalue weighted by Crippen LogP contribution is -2.18. The number of carbonyl (C=O) groups is 1. The first-order chi connectivity index (χ1) is 16.5. The monoisotopic (exact) mass is 462 g/mol. The Morgan fingerprint density at radius 1 is 1.12 bits per heavy atom. The van der Waals surface area contributed by atoms with E-state index in [-0.39, 0.29) is 40.8 Å². The highest BCUT2D eigenvalue weighted by Crippen LogP contribution is 2.32. The summed E-state index contributed by atoms with van der Waals surface area (Å²) in [5.41, 5.74) is 0.462. The molecule has 5 rings (SSSR count). The average molecular weight is 462 g/mol. The van der Waals surface area contributed by atoms with Crippen LogP contribution < -0.4 is 10.1 Å². The maximum Gasteiger partial charge on any atom is 0.260 e. The summed E-state index contributed by atoms with van der Waals surface area (Å²) in [6.07, 6.45) is 3.54. The number of hydrogen-bond acceptors (Lipinski definition) is 6. The number of fused-ring (bicyclic) bond motifs is 5. The molecule has 3 aromatic heterocycles. The van der Waals surface area contributed by atoms with Gasteiger partial charge in [-0.05, 0) is 42.7 Å².